The molecule has 1 amide bonds. The average Bonchev–Trinajstić information content (AvgIpc) is 3.40. The third kappa shape index (κ3) is 6.22. The fourth-order valence-corrected chi connectivity index (χ4v) is 5.80. The molecule has 9 heteroatoms. The van der Waals surface area contributed by atoms with E-state index < -0.39 is 16.1 Å². The maximum absolute atomic E-state index is 12.7. The first-order chi connectivity index (χ1) is 16.4. The number of carbonyl (C=O) groups excluding carboxylic acids is 1. The van der Waals surface area contributed by atoms with Crippen LogP contribution in [0.1, 0.15) is 30.9 Å². The van der Waals surface area contributed by atoms with E-state index >= 15 is 0 Å². The molecule has 0 radical (unpaired) electrons. The lowest BCUT2D eigenvalue weighted by molar-refractivity contribution is -0.117. The van der Waals surface area contributed by atoms with Crippen LogP contribution < -0.4 is 10.6 Å². The molecule has 2 N–H and O–H groups in total. The van der Waals surface area contributed by atoms with E-state index in [1.165, 1.54) is 15.4 Å². The summed E-state index contributed by atoms with van der Waals surface area (Å²) in [5, 5.41) is 6.19. The molecule has 2 heterocycles. The van der Waals surface area contributed by atoms with Gasteiger partial charge in [0.05, 0.1) is 24.2 Å². The van der Waals surface area contributed by atoms with Gasteiger partial charge in [0.25, 0.3) is 0 Å². The standard InChI is InChI=1S/C25H34N4O4S/c1-20(26-18-21-6-2-3-7-22(21)19-28-14-16-33-17-15-28)25(30)27-23-8-10-24(11-9-23)34(31,32)29-12-4-5-13-29/h2-3,6-11,20,26H,4-5,12-19H2,1H3,(H,27,30). The fraction of sp³-hybridized carbons (Fsp3) is 0.480. The SMILES string of the molecule is CC(NCc1ccccc1CN1CCOCC1)C(=O)Nc1ccc(S(=O)(=O)N2CCCC2)cc1. The zero-order chi connectivity index (χ0) is 24.0. The van der Waals surface area contributed by atoms with E-state index in [0.717, 1.165) is 45.7 Å². The largest absolute Gasteiger partial charge is 0.379 e. The van der Waals surface area contributed by atoms with Gasteiger partial charge in [-0.05, 0) is 55.2 Å². The zero-order valence-corrected chi connectivity index (χ0v) is 20.5. The number of morpholine rings is 1. The van der Waals surface area contributed by atoms with E-state index in [2.05, 4.69) is 27.7 Å². The third-order valence-electron chi connectivity index (χ3n) is 6.43. The van der Waals surface area contributed by atoms with Crippen molar-refractivity contribution in [3.63, 3.8) is 0 Å². The number of anilines is 1. The summed E-state index contributed by atoms with van der Waals surface area (Å²) < 4.78 is 32.3. The lowest BCUT2D eigenvalue weighted by Crippen LogP contribution is -2.38. The minimum atomic E-state index is -3.46. The van der Waals surface area contributed by atoms with Gasteiger partial charge in [-0.2, -0.15) is 4.31 Å². The number of hydrogen-bond acceptors (Lipinski definition) is 6. The van der Waals surface area contributed by atoms with Crippen LogP contribution in [0.4, 0.5) is 5.69 Å². The van der Waals surface area contributed by atoms with E-state index in [1.54, 1.807) is 24.3 Å². The van der Waals surface area contributed by atoms with Crippen LogP contribution in [0.25, 0.3) is 0 Å². The smallest absolute Gasteiger partial charge is 0.243 e. The highest BCUT2D eigenvalue weighted by Gasteiger charge is 2.27. The second kappa shape index (κ2) is 11.4. The Hall–Kier alpha value is -2.30. The number of nitrogens with one attached hydrogen (secondary N) is 2. The molecule has 0 aromatic heterocycles. The molecule has 2 aromatic rings. The molecule has 2 aromatic carbocycles. The molecule has 0 bridgehead atoms. The minimum Gasteiger partial charge on any atom is -0.379 e. The predicted molar refractivity (Wildman–Crippen MR) is 132 cm³/mol. The van der Waals surface area contributed by atoms with Gasteiger partial charge in [-0.1, -0.05) is 24.3 Å². The highest BCUT2D eigenvalue weighted by molar-refractivity contribution is 7.89. The quantitative estimate of drug-likeness (QED) is 0.566. The number of hydrogen-bond donors (Lipinski definition) is 2. The Bertz CT molecular complexity index is 1060. The first kappa shape index (κ1) is 24.8. The summed E-state index contributed by atoms with van der Waals surface area (Å²) in [5.41, 5.74) is 3.00. The van der Waals surface area contributed by atoms with E-state index in [0.29, 0.717) is 25.3 Å². The Morgan fingerprint density at radius 2 is 1.62 bits per heavy atom. The Morgan fingerprint density at radius 1 is 0.971 bits per heavy atom. The van der Waals surface area contributed by atoms with Crippen molar-refractivity contribution in [2.75, 3.05) is 44.7 Å². The second-order valence-electron chi connectivity index (χ2n) is 8.88. The van der Waals surface area contributed by atoms with Gasteiger partial charge in [-0.25, -0.2) is 8.42 Å². The van der Waals surface area contributed by atoms with Crippen molar-refractivity contribution in [2.24, 2.45) is 0 Å². The predicted octanol–water partition coefficient (Wildman–Crippen LogP) is 2.42. The molecule has 8 nitrogen and oxygen atoms in total. The van der Waals surface area contributed by atoms with Crippen molar-refractivity contribution in [3.8, 4) is 0 Å². The number of rotatable bonds is 9. The zero-order valence-electron chi connectivity index (χ0n) is 19.7. The molecule has 1 atom stereocenters. The van der Waals surface area contributed by atoms with Gasteiger partial charge in [0.2, 0.25) is 15.9 Å². The lowest BCUT2D eigenvalue weighted by atomic mass is 10.1. The Balaban J connectivity index is 1.30. The van der Waals surface area contributed by atoms with E-state index in [9.17, 15) is 13.2 Å². The topological polar surface area (TPSA) is 91.0 Å². The van der Waals surface area contributed by atoms with Crippen molar-refractivity contribution < 1.29 is 17.9 Å². The third-order valence-corrected chi connectivity index (χ3v) is 8.35. The summed E-state index contributed by atoms with van der Waals surface area (Å²) in [6.07, 6.45) is 1.80. The van der Waals surface area contributed by atoms with E-state index in [-0.39, 0.29) is 10.8 Å². The molecule has 2 aliphatic rings. The van der Waals surface area contributed by atoms with Crippen LogP contribution >= 0.6 is 0 Å². The summed E-state index contributed by atoms with van der Waals surface area (Å²) in [5.74, 6) is -0.166. The van der Waals surface area contributed by atoms with Crippen molar-refractivity contribution in [1.29, 1.82) is 0 Å². The molecule has 0 spiro atoms. The monoisotopic (exact) mass is 486 g/mol. The van der Waals surface area contributed by atoms with Crippen LogP contribution in [-0.2, 0) is 32.6 Å². The Labute approximate surface area is 202 Å². The summed E-state index contributed by atoms with van der Waals surface area (Å²) in [4.78, 5) is 15.3. The molecule has 2 saturated heterocycles. The maximum Gasteiger partial charge on any atom is 0.243 e. The Kier molecular flexibility index (Phi) is 8.33. The first-order valence-electron chi connectivity index (χ1n) is 11.9. The van der Waals surface area contributed by atoms with Crippen LogP contribution in [0.5, 0.6) is 0 Å². The minimum absolute atomic E-state index is 0.166. The normalized spacial score (nSPS) is 18.6. The van der Waals surface area contributed by atoms with E-state index in [4.69, 9.17) is 4.74 Å². The van der Waals surface area contributed by atoms with Crippen molar-refractivity contribution in [1.82, 2.24) is 14.5 Å². The second-order valence-corrected chi connectivity index (χ2v) is 10.8. The molecule has 0 aliphatic carbocycles. The summed E-state index contributed by atoms with van der Waals surface area (Å²) in [6.45, 7) is 7.81. The van der Waals surface area contributed by atoms with Gasteiger partial charge in [-0.15, -0.1) is 0 Å². The highest BCUT2D eigenvalue weighted by Crippen LogP contribution is 2.22. The number of ether oxygens (including phenoxy) is 1. The van der Waals surface area contributed by atoms with Crippen LogP contribution in [0, 0.1) is 0 Å². The van der Waals surface area contributed by atoms with Gasteiger partial charge < -0.3 is 15.4 Å². The van der Waals surface area contributed by atoms with Gasteiger partial charge in [-0.3, -0.25) is 9.69 Å². The number of sulfonamides is 1. The van der Waals surface area contributed by atoms with E-state index in [1.807, 2.05) is 19.1 Å². The molecule has 2 fully saturated rings. The van der Waals surface area contributed by atoms with Crippen LogP contribution in [0.2, 0.25) is 0 Å². The number of carbonyl (C=O) groups is 1. The van der Waals surface area contributed by atoms with Crippen molar-refractivity contribution in [3.05, 3.63) is 59.7 Å². The molecule has 1 unspecified atom stereocenters. The van der Waals surface area contributed by atoms with Crippen molar-refractivity contribution >= 4 is 21.6 Å². The summed E-state index contributed by atoms with van der Waals surface area (Å²) >= 11 is 0. The molecular weight excluding hydrogens is 452 g/mol. The van der Waals surface area contributed by atoms with Gasteiger partial charge in [0.15, 0.2) is 0 Å². The lowest BCUT2D eigenvalue weighted by Gasteiger charge is -2.27. The van der Waals surface area contributed by atoms with Crippen LogP contribution in [-0.4, -0.2) is 69.0 Å². The van der Waals surface area contributed by atoms with Gasteiger partial charge >= 0.3 is 0 Å². The van der Waals surface area contributed by atoms with Gasteiger partial charge in [0, 0.05) is 45.0 Å². The Morgan fingerprint density at radius 3 is 2.29 bits per heavy atom. The molecule has 2 aliphatic heterocycles. The average molecular weight is 487 g/mol. The van der Waals surface area contributed by atoms with Crippen LogP contribution in [0.15, 0.2) is 53.4 Å². The van der Waals surface area contributed by atoms with Gasteiger partial charge in [0.1, 0.15) is 0 Å². The van der Waals surface area contributed by atoms with Crippen molar-refractivity contribution in [2.45, 2.75) is 43.8 Å². The fourth-order valence-electron chi connectivity index (χ4n) is 4.28. The number of amides is 1. The summed E-state index contributed by atoms with van der Waals surface area (Å²) in [7, 11) is -3.46. The summed E-state index contributed by atoms with van der Waals surface area (Å²) in [6, 6.07) is 14.3. The number of nitrogens with zero attached hydrogens (tertiary/aromatic N) is 2. The highest BCUT2D eigenvalue weighted by atomic mass is 32.2. The molecular formula is C25H34N4O4S. The molecule has 4 rings (SSSR count). The molecule has 0 saturated carbocycles. The maximum atomic E-state index is 12.7. The molecule has 34 heavy (non-hydrogen) atoms. The molecule has 184 valence electrons. The first-order valence-corrected chi connectivity index (χ1v) is 13.4. The number of benzene rings is 2. The van der Waals surface area contributed by atoms with Crippen LogP contribution in [0.3, 0.4) is 0 Å².